The predicted octanol–water partition coefficient (Wildman–Crippen LogP) is 4.40. The molecule has 2 rings (SSSR count). The van der Waals surface area contributed by atoms with E-state index in [1.54, 1.807) is 12.1 Å². The highest BCUT2D eigenvalue weighted by molar-refractivity contribution is 9.10. The smallest absolute Gasteiger partial charge is 0.163 e. The van der Waals surface area contributed by atoms with Crippen molar-refractivity contribution in [2.75, 3.05) is 0 Å². The molecule has 0 spiro atoms. The number of ketones is 1. The lowest BCUT2D eigenvalue weighted by atomic mass is 10.0. The molecule has 92 valence electrons. The van der Waals surface area contributed by atoms with Crippen LogP contribution in [0.3, 0.4) is 0 Å². The fourth-order valence-electron chi connectivity index (χ4n) is 1.76. The van der Waals surface area contributed by atoms with Gasteiger partial charge in [0.15, 0.2) is 5.78 Å². The summed E-state index contributed by atoms with van der Waals surface area (Å²) in [6.07, 6.45) is 1.03. The van der Waals surface area contributed by atoms with Crippen molar-refractivity contribution in [2.24, 2.45) is 0 Å². The number of Topliss-reactive ketones (excluding diaryl/α,β-unsaturated/α-hetero) is 1. The second-order valence-electron chi connectivity index (χ2n) is 4.02. The van der Waals surface area contributed by atoms with Crippen molar-refractivity contribution in [3.8, 4) is 0 Å². The Bertz CT molecular complexity index is 566. The Morgan fingerprint density at radius 2 is 1.89 bits per heavy atom. The Balaban J connectivity index is 2.03. The Morgan fingerprint density at radius 1 is 1.11 bits per heavy atom. The Kier molecular flexibility index (Phi) is 4.26. The first kappa shape index (κ1) is 13.0. The molecular weight excluding hydrogens is 295 g/mol. The molecule has 0 N–H and O–H groups in total. The van der Waals surface area contributed by atoms with Crippen molar-refractivity contribution < 1.29 is 9.18 Å². The summed E-state index contributed by atoms with van der Waals surface area (Å²) in [6, 6.07) is 13.6. The number of carbonyl (C=O) groups excluding carboxylic acids is 1. The van der Waals surface area contributed by atoms with E-state index in [9.17, 15) is 9.18 Å². The number of hydrogen-bond acceptors (Lipinski definition) is 1. The molecule has 0 radical (unpaired) electrons. The van der Waals surface area contributed by atoms with E-state index in [-0.39, 0.29) is 11.6 Å². The van der Waals surface area contributed by atoms with E-state index >= 15 is 0 Å². The van der Waals surface area contributed by atoms with E-state index < -0.39 is 0 Å². The minimum Gasteiger partial charge on any atom is -0.294 e. The third-order valence-corrected chi connectivity index (χ3v) is 3.50. The van der Waals surface area contributed by atoms with Crippen LogP contribution in [0.25, 0.3) is 0 Å². The van der Waals surface area contributed by atoms with Crippen LogP contribution in [-0.4, -0.2) is 5.78 Å². The number of hydrogen-bond donors (Lipinski definition) is 0. The van der Waals surface area contributed by atoms with Crippen molar-refractivity contribution in [1.29, 1.82) is 0 Å². The fourth-order valence-corrected chi connectivity index (χ4v) is 2.24. The minimum atomic E-state index is -0.373. The van der Waals surface area contributed by atoms with Crippen LogP contribution in [0.5, 0.6) is 0 Å². The molecule has 0 aliphatic rings. The average molecular weight is 307 g/mol. The Labute approximate surface area is 114 Å². The first-order chi connectivity index (χ1) is 8.66. The molecule has 0 heterocycles. The van der Waals surface area contributed by atoms with Gasteiger partial charge in [0.2, 0.25) is 0 Å². The second-order valence-corrected chi connectivity index (χ2v) is 4.88. The fraction of sp³-hybridized carbons (Fsp3) is 0.133. The van der Waals surface area contributed by atoms with Crippen molar-refractivity contribution in [1.82, 2.24) is 0 Å². The molecule has 3 heteroatoms. The summed E-state index contributed by atoms with van der Waals surface area (Å²) in [7, 11) is 0. The van der Waals surface area contributed by atoms with E-state index in [0.29, 0.717) is 18.4 Å². The predicted molar refractivity (Wildman–Crippen MR) is 73.2 cm³/mol. The van der Waals surface area contributed by atoms with Gasteiger partial charge < -0.3 is 0 Å². The zero-order valence-corrected chi connectivity index (χ0v) is 11.3. The molecule has 0 amide bonds. The van der Waals surface area contributed by atoms with E-state index in [1.165, 1.54) is 12.1 Å². The van der Waals surface area contributed by atoms with Gasteiger partial charge in [-0.2, -0.15) is 0 Å². The summed E-state index contributed by atoms with van der Waals surface area (Å²) in [5.74, 6) is -0.410. The molecular formula is C15H12BrFO. The standard InChI is InChI=1S/C15H12BrFO/c16-14-7-2-1-4-11(14)8-9-15(18)12-5-3-6-13(17)10-12/h1-7,10H,8-9H2. The highest BCUT2D eigenvalue weighted by Gasteiger charge is 2.08. The molecule has 2 aromatic carbocycles. The molecule has 0 unspecified atom stereocenters. The summed E-state index contributed by atoms with van der Waals surface area (Å²) in [5.41, 5.74) is 1.52. The van der Waals surface area contributed by atoms with Gasteiger partial charge in [0.05, 0.1) is 0 Å². The van der Waals surface area contributed by atoms with Crippen LogP contribution < -0.4 is 0 Å². The third-order valence-electron chi connectivity index (χ3n) is 2.73. The van der Waals surface area contributed by atoms with Gasteiger partial charge in [-0.25, -0.2) is 4.39 Å². The normalized spacial score (nSPS) is 10.3. The van der Waals surface area contributed by atoms with Crippen molar-refractivity contribution in [3.05, 3.63) is 69.9 Å². The summed E-state index contributed by atoms with van der Waals surface area (Å²) in [6.45, 7) is 0. The number of aryl methyl sites for hydroxylation is 1. The minimum absolute atomic E-state index is 0.0368. The molecule has 0 fully saturated rings. The van der Waals surface area contributed by atoms with E-state index in [0.717, 1.165) is 10.0 Å². The monoisotopic (exact) mass is 306 g/mol. The lowest BCUT2D eigenvalue weighted by molar-refractivity contribution is 0.0982. The number of rotatable bonds is 4. The van der Waals surface area contributed by atoms with Crippen LogP contribution in [0, 0.1) is 5.82 Å². The van der Waals surface area contributed by atoms with Gasteiger partial charge in [0.25, 0.3) is 0 Å². The number of benzene rings is 2. The average Bonchev–Trinajstić information content (AvgIpc) is 2.37. The van der Waals surface area contributed by atoms with Gasteiger partial charge in [-0.15, -0.1) is 0 Å². The van der Waals surface area contributed by atoms with E-state index in [1.807, 2.05) is 24.3 Å². The topological polar surface area (TPSA) is 17.1 Å². The number of halogens is 2. The van der Waals surface area contributed by atoms with Gasteiger partial charge in [-0.3, -0.25) is 4.79 Å². The molecule has 0 aromatic heterocycles. The highest BCUT2D eigenvalue weighted by atomic mass is 79.9. The van der Waals surface area contributed by atoms with Crippen LogP contribution in [0.1, 0.15) is 22.3 Å². The summed E-state index contributed by atoms with van der Waals surface area (Å²) < 4.78 is 14.0. The molecule has 1 nitrogen and oxygen atoms in total. The molecule has 0 saturated carbocycles. The maximum atomic E-state index is 13.0. The molecule has 0 aliphatic heterocycles. The number of carbonyl (C=O) groups is 1. The maximum Gasteiger partial charge on any atom is 0.163 e. The molecule has 0 saturated heterocycles. The summed E-state index contributed by atoms with van der Waals surface area (Å²) in [4.78, 5) is 11.9. The van der Waals surface area contributed by atoms with Crippen LogP contribution in [-0.2, 0) is 6.42 Å². The molecule has 0 bridgehead atoms. The van der Waals surface area contributed by atoms with Crippen LogP contribution in [0.4, 0.5) is 4.39 Å². The van der Waals surface area contributed by atoms with Crippen LogP contribution in [0.15, 0.2) is 53.0 Å². The Hall–Kier alpha value is -1.48. The zero-order chi connectivity index (χ0) is 13.0. The van der Waals surface area contributed by atoms with Gasteiger partial charge in [0.1, 0.15) is 5.82 Å². The third kappa shape index (κ3) is 3.26. The molecule has 0 aliphatic carbocycles. The molecule has 18 heavy (non-hydrogen) atoms. The van der Waals surface area contributed by atoms with Gasteiger partial charge in [0, 0.05) is 16.5 Å². The van der Waals surface area contributed by atoms with Crippen LogP contribution in [0.2, 0.25) is 0 Å². The first-order valence-corrected chi connectivity index (χ1v) is 6.48. The van der Waals surface area contributed by atoms with Gasteiger partial charge >= 0.3 is 0 Å². The van der Waals surface area contributed by atoms with E-state index in [4.69, 9.17) is 0 Å². The second kappa shape index (κ2) is 5.91. The highest BCUT2D eigenvalue weighted by Crippen LogP contribution is 2.18. The van der Waals surface area contributed by atoms with Crippen LogP contribution >= 0.6 is 15.9 Å². The Morgan fingerprint density at radius 3 is 2.61 bits per heavy atom. The summed E-state index contributed by atoms with van der Waals surface area (Å²) >= 11 is 3.44. The van der Waals surface area contributed by atoms with Crippen molar-refractivity contribution >= 4 is 21.7 Å². The first-order valence-electron chi connectivity index (χ1n) is 5.69. The lowest BCUT2D eigenvalue weighted by Crippen LogP contribution is -2.02. The zero-order valence-electron chi connectivity index (χ0n) is 9.70. The lowest BCUT2D eigenvalue weighted by Gasteiger charge is -2.04. The SMILES string of the molecule is O=C(CCc1ccccc1Br)c1cccc(F)c1. The maximum absolute atomic E-state index is 13.0. The molecule has 2 aromatic rings. The largest absolute Gasteiger partial charge is 0.294 e. The van der Waals surface area contributed by atoms with Crippen molar-refractivity contribution in [2.45, 2.75) is 12.8 Å². The molecule has 0 atom stereocenters. The quantitative estimate of drug-likeness (QED) is 0.765. The van der Waals surface area contributed by atoms with Gasteiger partial charge in [-0.1, -0.05) is 46.3 Å². The van der Waals surface area contributed by atoms with Gasteiger partial charge in [-0.05, 0) is 30.2 Å². The van der Waals surface area contributed by atoms with E-state index in [2.05, 4.69) is 15.9 Å². The van der Waals surface area contributed by atoms with Crippen molar-refractivity contribution in [3.63, 3.8) is 0 Å². The summed E-state index contributed by atoms with van der Waals surface area (Å²) in [5, 5.41) is 0.